The van der Waals surface area contributed by atoms with Crippen molar-refractivity contribution in [2.45, 2.75) is 24.7 Å². The molecule has 0 bridgehead atoms. The molecule has 0 saturated heterocycles. The summed E-state index contributed by atoms with van der Waals surface area (Å²) in [5.74, 6) is -0.651. The number of fused-ring (bicyclic) bond motifs is 1. The molecule has 0 spiro atoms. The molecule has 3 N–H and O–H groups in total. The van der Waals surface area contributed by atoms with Gasteiger partial charge in [0.05, 0.1) is 15.8 Å². The van der Waals surface area contributed by atoms with E-state index in [4.69, 9.17) is 5.73 Å². The van der Waals surface area contributed by atoms with Gasteiger partial charge >= 0.3 is 6.36 Å². The molecule has 0 unspecified atom stereocenters. The van der Waals surface area contributed by atoms with E-state index in [1.165, 1.54) is 18.2 Å². The van der Waals surface area contributed by atoms with Crippen LogP contribution in [-0.4, -0.2) is 22.8 Å². The van der Waals surface area contributed by atoms with Crippen LogP contribution in [0.4, 0.5) is 18.3 Å². The van der Waals surface area contributed by atoms with Crippen LogP contribution in [0.2, 0.25) is 0 Å². The van der Waals surface area contributed by atoms with Gasteiger partial charge in [0.15, 0.2) is 5.13 Å². The number of nitrogens with one attached hydrogen (secondary N) is 1. The van der Waals surface area contributed by atoms with E-state index >= 15 is 0 Å². The second-order valence-electron chi connectivity index (χ2n) is 4.81. The van der Waals surface area contributed by atoms with E-state index in [9.17, 15) is 18.0 Å². The highest BCUT2D eigenvalue weighted by molar-refractivity contribution is 7.22. The Hall–Kier alpha value is -1.87. The minimum Gasteiger partial charge on any atom is -0.406 e. The largest absolute Gasteiger partial charge is 0.573 e. The van der Waals surface area contributed by atoms with Gasteiger partial charge in [-0.3, -0.25) is 4.79 Å². The Kier molecular flexibility index (Phi) is 3.06. The maximum absolute atomic E-state index is 12.2. The standard InChI is InChI=1S/C12H10F3N3O2S/c13-12(14,15)20-6-1-2-7-8(5-6)21-10(17-7)18-9(19)11(16)3-4-11/h1-2,5H,3-4,16H2,(H,17,18,19). The van der Waals surface area contributed by atoms with Gasteiger partial charge < -0.3 is 15.8 Å². The highest BCUT2D eigenvalue weighted by Crippen LogP contribution is 2.35. The lowest BCUT2D eigenvalue weighted by molar-refractivity contribution is -0.274. The molecule has 2 aromatic rings. The monoisotopic (exact) mass is 317 g/mol. The second kappa shape index (κ2) is 4.57. The molecule has 0 radical (unpaired) electrons. The summed E-state index contributed by atoms with van der Waals surface area (Å²) >= 11 is 1.06. The number of hydrogen-bond donors (Lipinski definition) is 2. The van der Waals surface area contributed by atoms with Gasteiger partial charge in [-0.05, 0) is 25.0 Å². The van der Waals surface area contributed by atoms with Gasteiger partial charge in [0.2, 0.25) is 5.91 Å². The fourth-order valence-electron chi connectivity index (χ4n) is 1.74. The first-order valence-electron chi connectivity index (χ1n) is 6.02. The Morgan fingerprint density at radius 1 is 1.43 bits per heavy atom. The van der Waals surface area contributed by atoms with Crippen LogP contribution in [0, 0.1) is 0 Å². The summed E-state index contributed by atoms with van der Waals surface area (Å²) in [6, 6.07) is 3.80. The molecule has 9 heteroatoms. The molecule has 3 rings (SSSR count). The fourth-order valence-corrected chi connectivity index (χ4v) is 2.63. The highest BCUT2D eigenvalue weighted by Gasteiger charge is 2.46. The van der Waals surface area contributed by atoms with Crippen molar-refractivity contribution in [3.8, 4) is 5.75 Å². The van der Waals surface area contributed by atoms with Crippen LogP contribution < -0.4 is 15.8 Å². The molecule has 1 fully saturated rings. The average Bonchev–Trinajstić information content (AvgIpc) is 2.98. The van der Waals surface area contributed by atoms with Gasteiger partial charge in [-0.2, -0.15) is 0 Å². The number of anilines is 1. The Labute approximate surface area is 120 Å². The van der Waals surface area contributed by atoms with Gasteiger partial charge in [-0.15, -0.1) is 13.2 Å². The molecule has 1 aromatic carbocycles. The summed E-state index contributed by atoms with van der Waals surface area (Å²) in [5.41, 5.74) is 5.39. The van der Waals surface area contributed by atoms with Crippen molar-refractivity contribution in [1.82, 2.24) is 4.98 Å². The summed E-state index contributed by atoms with van der Waals surface area (Å²) in [6.45, 7) is 0. The van der Waals surface area contributed by atoms with E-state index in [2.05, 4.69) is 15.0 Å². The molecule has 0 atom stereocenters. The van der Waals surface area contributed by atoms with Crippen LogP contribution in [0.3, 0.4) is 0 Å². The minimum atomic E-state index is -4.74. The highest BCUT2D eigenvalue weighted by atomic mass is 32.1. The number of nitrogens with two attached hydrogens (primary N) is 1. The molecule has 5 nitrogen and oxygen atoms in total. The van der Waals surface area contributed by atoms with Gasteiger partial charge in [0.25, 0.3) is 0 Å². The van der Waals surface area contributed by atoms with Crippen molar-refractivity contribution in [2.75, 3.05) is 5.32 Å². The van der Waals surface area contributed by atoms with E-state index < -0.39 is 11.9 Å². The zero-order chi connectivity index (χ0) is 15.3. The van der Waals surface area contributed by atoms with E-state index in [1.54, 1.807) is 0 Å². The Bertz CT molecular complexity index is 709. The third kappa shape index (κ3) is 3.08. The average molecular weight is 317 g/mol. The van der Waals surface area contributed by atoms with E-state index in [-0.39, 0.29) is 11.7 Å². The lowest BCUT2D eigenvalue weighted by Crippen LogP contribution is -2.37. The number of benzene rings is 1. The Morgan fingerprint density at radius 3 is 2.76 bits per heavy atom. The number of nitrogens with zero attached hydrogens (tertiary/aromatic N) is 1. The first kappa shape index (κ1) is 14.1. The minimum absolute atomic E-state index is 0.302. The smallest absolute Gasteiger partial charge is 0.406 e. The first-order chi connectivity index (χ1) is 9.75. The fraction of sp³-hybridized carbons (Fsp3) is 0.333. The predicted octanol–water partition coefficient (Wildman–Crippen LogP) is 2.62. The number of thiazole rings is 1. The number of alkyl halides is 3. The van der Waals surface area contributed by atoms with Crippen LogP contribution in [0.1, 0.15) is 12.8 Å². The summed E-state index contributed by atoms with van der Waals surface area (Å²) in [4.78, 5) is 15.9. The summed E-state index contributed by atoms with van der Waals surface area (Å²) in [6.07, 6.45) is -3.51. The molecule has 1 heterocycles. The number of halogens is 3. The summed E-state index contributed by atoms with van der Waals surface area (Å²) < 4.78 is 40.8. The molecule has 1 aliphatic carbocycles. The van der Waals surface area contributed by atoms with Crippen LogP contribution in [-0.2, 0) is 4.79 Å². The van der Waals surface area contributed by atoms with Gasteiger partial charge in [-0.1, -0.05) is 11.3 Å². The SMILES string of the molecule is NC1(C(=O)Nc2nc3ccc(OC(F)(F)F)cc3s2)CC1. The van der Waals surface area contributed by atoms with E-state index in [0.717, 1.165) is 11.3 Å². The molecule has 1 amide bonds. The molecule has 1 aliphatic rings. The molecular formula is C12H10F3N3O2S. The van der Waals surface area contributed by atoms with Crippen molar-refractivity contribution >= 4 is 32.6 Å². The molecular weight excluding hydrogens is 307 g/mol. The predicted molar refractivity (Wildman–Crippen MR) is 71.1 cm³/mol. The van der Waals surface area contributed by atoms with Gasteiger partial charge in [-0.25, -0.2) is 4.98 Å². The topological polar surface area (TPSA) is 77.2 Å². The third-order valence-corrected chi connectivity index (χ3v) is 3.99. The van der Waals surface area contributed by atoms with Gasteiger partial charge in [0, 0.05) is 6.07 Å². The van der Waals surface area contributed by atoms with Crippen LogP contribution in [0.5, 0.6) is 5.75 Å². The third-order valence-electron chi connectivity index (χ3n) is 3.05. The Balaban J connectivity index is 1.81. The maximum Gasteiger partial charge on any atom is 0.573 e. The quantitative estimate of drug-likeness (QED) is 0.912. The van der Waals surface area contributed by atoms with E-state index in [0.29, 0.717) is 28.2 Å². The molecule has 1 aromatic heterocycles. The van der Waals surface area contributed by atoms with Crippen LogP contribution >= 0.6 is 11.3 Å². The molecule has 21 heavy (non-hydrogen) atoms. The van der Waals surface area contributed by atoms with Crippen molar-refractivity contribution in [3.63, 3.8) is 0 Å². The number of amides is 1. The van der Waals surface area contributed by atoms with Crippen LogP contribution in [0.25, 0.3) is 10.2 Å². The number of aromatic nitrogens is 1. The van der Waals surface area contributed by atoms with Crippen molar-refractivity contribution < 1.29 is 22.7 Å². The lowest BCUT2D eigenvalue weighted by Gasteiger charge is -2.07. The van der Waals surface area contributed by atoms with Gasteiger partial charge in [0.1, 0.15) is 5.75 Å². The Morgan fingerprint density at radius 2 is 2.14 bits per heavy atom. The van der Waals surface area contributed by atoms with Crippen molar-refractivity contribution in [1.29, 1.82) is 0 Å². The number of hydrogen-bond acceptors (Lipinski definition) is 5. The molecule has 0 aliphatic heterocycles. The lowest BCUT2D eigenvalue weighted by atomic mass is 10.3. The number of ether oxygens (including phenoxy) is 1. The molecule has 1 saturated carbocycles. The normalized spacial score (nSPS) is 16.8. The van der Waals surface area contributed by atoms with Crippen molar-refractivity contribution in [2.24, 2.45) is 5.73 Å². The summed E-state index contributed by atoms with van der Waals surface area (Å²) in [5, 5.41) is 2.88. The number of carbonyl (C=O) groups excluding carboxylic acids is 1. The van der Waals surface area contributed by atoms with Crippen molar-refractivity contribution in [3.05, 3.63) is 18.2 Å². The second-order valence-corrected chi connectivity index (χ2v) is 5.84. The zero-order valence-electron chi connectivity index (χ0n) is 10.5. The zero-order valence-corrected chi connectivity index (χ0v) is 11.3. The molecule has 112 valence electrons. The first-order valence-corrected chi connectivity index (χ1v) is 6.84. The summed E-state index contributed by atoms with van der Waals surface area (Å²) in [7, 11) is 0. The van der Waals surface area contributed by atoms with E-state index in [1.807, 2.05) is 0 Å². The number of rotatable bonds is 3. The van der Waals surface area contributed by atoms with Crippen LogP contribution in [0.15, 0.2) is 18.2 Å². The number of carbonyl (C=O) groups is 1. The maximum atomic E-state index is 12.2.